The molecule has 1 aromatic carbocycles. The average molecular weight is 444 g/mol. The Morgan fingerprint density at radius 2 is 1.31 bits per heavy atom. The summed E-state index contributed by atoms with van der Waals surface area (Å²) in [6.45, 7) is 0. The summed E-state index contributed by atoms with van der Waals surface area (Å²) >= 11 is 0. The molecule has 2 saturated carbocycles. The number of allylic oxidation sites excluding steroid dienone is 4. The number of halogens is 3. The molecule has 1 nitrogen and oxygen atoms in total. The van der Waals surface area contributed by atoms with Crippen LogP contribution >= 0.6 is 0 Å². The van der Waals surface area contributed by atoms with Crippen molar-refractivity contribution in [1.29, 1.82) is 5.26 Å². The molecule has 0 N–H and O–H groups in total. The van der Waals surface area contributed by atoms with Crippen LogP contribution in [0.25, 0.3) is 0 Å². The van der Waals surface area contributed by atoms with Gasteiger partial charge >= 0.3 is 6.18 Å². The maximum Gasteiger partial charge on any atom is 0.416 e. The second kappa shape index (κ2) is 12.3. The molecular formula is C28H36F3N. The standard InChI is InChI=1S/C28H36F3N/c29-28(30,31)27-19-17-26(18-20-27)25-15-13-24(14-16-25)12-11-23-9-7-22(8-10-23)6-4-2-1-3-5-21-32/h1-3,5,17-20,22-25H,4,6-16H2/t22-,23-,24-,25-. The van der Waals surface area contributed by atoms with Gasteiger partial charge in [0.15, 0.2) is 0 Å². The Balaban J connectivity index is 1.30. The molecule has 0 bridgehead atoms. The van der Waals surface area contributed by atoms with Crippen LogP contribution in [0, 0.1) is 29.1 Å². The predicted molar refractivity (Wildman–Crippen MR) is 124 cm³/mol. The molecule has 0 amide bonds. The van der Waals surface area contributed by atoms with Crippen LogP contribution in [0.15, 0.2) is 48.6 Å². The lowest BCUT2D eigenvalue weighted by Gasteiger charge is -2.32. The molecular weight excluding hydrogens is 407 g/mol. The minimum absolute atomic E-state index is 0.424. The smallest absolute Gasteiger partial charge is 0.193 e. The summed E-state index contributed by atoms with van der Waals surface area (Å²) in [5, 5.41) is 8.47. The van der Waals surface area contributed by atoms with Crippen molar-refractivity contribution >= 4 is 0 Å². The number of nitrogens with zero attached hydrogens (tertiary/aromatic N) is 1. The first-order chi connectivity index (χ1) is 15.5. The molecule has 0 aliphatic heterocycles. The van der Waals surface area contributed by atoms with Crippen LogP contribution in [-0.2, 0) is 6.18 Å². The van der Waals surface area contributed by atoms with E-state index in [9.17, 15) is 13.2 Å². The highest BCUT2D eigenvalue weighted by atomic mass is 19.4. The van der Waals surface area contributed by atoms with Gasteiger partial charge < -0.3 is 0 Å². The molecule has 0 atom stereocenters. The molecule has 0 radical (unpaired) electrons. The summed E-state index contributed by atoms with van der Waals surface area (Å²) in [7, 11) is 0. The number of hydrogen-bond acceptors (Lipinski definition) is 1. The maximum atomic E-state index is 12.8. The molecule has 2 fully saturated rings. The molecule has 2 aliphatic carbocycles. The molecule has 1 aromatic rings. The summed E-state index contributed by atoms with van der Waals surface area (Å²) in [6, 6.07) is 7.84. The van der Waals surface area contributed by atoms with E-state index in [-0.39, 0.29) is 0 Å². The van der Waals surface area contributed by atoms with Crippen LogP contribution in [-0.4, -0.2) is 0 Å². The Bertz CT molecular complexity index is 768. The van der Waals surface area contributed by atoms with Gasteiger partial charge in [-0.05, 0) is 79.9 Å². The molecule has 2 aliphatic rings. The molecule has 4 heteroatoms. The molecule has 0 aromatic heterocycles. The van der Waals surface area contributed by atoms with E-state index in [4.69, 9.17) is 5.26 Å². The van der Waals surface area contributed by atoms with Crippen molar-refractivity contribution in [2.75, 3.05) is 0 Å². The van der Waals surface area contributed by atoms with Crippen molar-refractivity contribution in [2.24, 2.45) is 17.8 Å². The Hall–Kier alpha value is -2.02. The first kappa shape index (κ1) is 24.6. The van der Waals surface area contributed by atoms with Gasteiger partial charge in [0, 0.05) is 6.08 Å². The second-order valence-electron chi connectivity index (χ2n) is 9.80. The summed E-state index contributed by atoms with van der Waals surface area (Å²) in [5.74, 6) is 2.96. The van der Waals surface area contributed by atoms with Gasteiger partial charge in [0.05, 0.1) is 11.6 Å². The van der Waals surface area contributed by atoms with Gasteiger partial charge in [0.2, 0.25) is 0 Å². The zero-order chi connectivity index (χ0) is 22.8. The third kappa shape index (κ3) is 7.84. The number of rotatable bonds is 8. The first-order valence-electron chi connectivity index (χ1n) is 12.3. The largest absolute Gasteiger partial charge is 0.416 e. The molecule has 0 unspecified atom stereocenters. The average Bonchev–Trinajstić information content (AvgIpc) is 2.81. The lowest BCUT2D eigenvalue weighted by atomic mass is 9.74. The van der Waals surface area contributed by atoms with E-state index in [0.717, 1.165) is 42.6 Å². The van der Waals surface area contributed by atoms with Gasteiger partial charge in [-0.15, -0.1) is 0 Å². The number of alkyl halides is 3. The molecule has 0 saturated heterocycles. The monoisotopic (exact) mass is 443 g/mol. The highest BCUT2D eigenvalue weighted by Gasteiger charge is 2.31. The summed E-state index contributed by atoms with van der Waals surface area (Å²) in [5.41, 5.74) is 0.527. The molecule has 0 heterocycles. The zero-order valence-corrected chi connectivity index (χ0v) is 19.0. The fraction of sp³-hybridized carbons (Fsp3) is 0.607. The fourth-order valence-electron chi connectivity index (χ4n) is 5.61. The van der Waals surface area contributed by atoms with Crippen LogP contribution in [0.5, 0.6) is 0 Å². The SMILES string of the molecule is N#CC=CC=CCC[C@H]1CC[C@H](CC[C@H]2CC[C@H](c3ccc(C(F)(F)F)cc3)CC2)CC1. The van der Waals surface area contributed by atoms with Crippen molar-refractivity contribution in [2.45, 2.75) is 89.1 Å². The number of benzene rings is 1. The van der Waals surface area contributed by atoms with Crippen LogP contribution in [0.2, 0.25) is 0 Å². The Morgan fingerprint density at radius 3 is 1.84 bits per heavy atom. The Kier molecular flexibility index (Phi) is 9.45. The normalized spacial score (nSPS) is 27.1. The van der Waals surface area contributed by atoms with E-state index < -0.39 is 11.7 Å². The molecule has 3 rings (SSSR count). The van der Waals surface area contributed by atoms with E-state index in [2.05, 4.69) is 6.08 Å². The second-order valence-corrected chi connectivity index (χ2v) is 9.80. The van der Waals surface area contributed by atoms with Crippen LogP contribution in [0.1, 0.15) is 94.1 Å². The lowest BCUT2D eigenvalue weighted by Crippen LogP contribution is -2.18. The molecule has 0 spiro atoms. The number of nitriles is 1. The predicted octanol–water partition coefficient (Wildman–Crippen LogP) is 8.98. The van der Waals surface area contributed by atoms with E-state index in [1.54, 1.807) is 18.2 Å². The number of hydrogen-bond donors (Lipinski definition) is 0. The zero-order valence-electron chi connectivity index (χ0n) is 19.0. The third-order valence-electron chi connectivity index (χ3n) is 7.67. The molecule has 32 heavy (non-hydrogen) atoms. The summed E-state index contributed by atoms with van der Waals surface area (Å²) in [6.07, 6.45) is 18.3. The van der Waals surface area contributed by atoms with Crippen LogP contribution < -0.4 is 0 Å². The van der Waals surface area contributed by atoms with Crippen molar-refractivity contribution in [3.05, 3.63) is 59.7 Å². The van der Waals surface area contributed by atoms with Crippen LogP contribution in [0.3, 0.4) is 0 Å². The van der Waals surface area contributed by atoms with Crippen molar-refractivity contribution < 1.29 is 13.2 Å². The fourth-order valence-corrected chi connectivity index (χ4v) is 5.61. The van der Waals surface area contributed by atoms with Gasteiger partial charge in [-0.3, -0.25) is 0 Å². The molecule has 174 valence electrons. The highest BCUT2D eigenvalue weighted by molar-refractivity contribution is 5.27. The van der Waals surface area contributed by atoms with E-state index in [0.29, 0.717) is 5.92 Å². The third-order valence-corrected chi connectivity index (χ3v) is 7.67. The van der Waals surface area contributed by atoms with Crippen LogP contribution in [0.4, 0.5) is 13.2 Å². The van der Waals surface area contributed by atoms with E-state index in [1.165, 1.54) is 76.0 Å². The quantitative estimate of drug-likeness (QED) is 0.290. The highest BCUT2D eigenvalue weighted by Crippen LogP contribution is 2.41. The van der Waals surface area contributed by atoms with Crippen molar-refractivity contribution in [1.82, 2.24) is 0 Å². The topological polar surface area (TPSA) is 23.8 Å². The summed E-state index contributed by atoms with van der Waals surface area (Å²) in [4.78, 5) is 0. The van der Waals surface area contributed by atoms with Gasteiger partial charge in [0.1, 0.15) is 0 Å². The van der Waals surface area contributed by atoms with E-state index >= 15 is 0 Å². The maximum absolute atomic E-state index is 12.8. The lowest BCUT2D eigenvalue weighted by molar-refractivity contribution is -0.137. The van der Waals surface area contributed by atoms with E-state index in [1.807, 2.05) is 12.1 Å². The van der Waals surface area contributed by atoms with Gasteiger partial charge in [-0.25, -0.2) is 0 Å². The van der Waals surface area contributed by atoms with Gasteiger partial charge in [-0.1, -0.05) is 68.9 Å². The first-order valence-corrected chi connectivity index (χ1v) is 12.3. The minimum atomic E-state index is -4.25. The Morgan fingerprint density at radius 1 is 0.781 bits per heavy atom. The van der Waals surface area contributed by atoms with Gasteiger partial charge in [-0.2, -0.15) is 18.4 Å². The van der Waals surface area contributed by atoms with Gasteiger partial charge in [0.25, 0.3) is 0 Å². The Labute approximate surface area is 191 Å². The minimum Gasteiger partial charge on any atom is -0.193 e. The summed E-state index contributed by atoms with van der Waals surface area (Å²) < 4.78 is 38.3. The van der Waals surface area contributed by atoms with Crippen molar-refractivity contribution in [3.63, 3.8) is 0 Å². The van der Waals surface area contributed by atoms with Crippen molar-refractivity contribution in [3.8, 4) is 6.07 Å².